The van der Waals surface area contributed by atoms with Crippen LogP contribution in [0.15, 0.2) is 39.7 Å². The molecule has 1 N–H and O–H groups in total. The molecule has 0 spiro atoms. The molecule has 3 aliphatic heterocycles. The molecule has 2 aromatic carbocycles. The summed E-state index contributed by atoms with van der Waals surface area (Å²) in [6.45, 7) is 8.99. The van der Waals surface area contributed by atoms with E-state index in [1.807, 2.05) is 25.1 Å². The molecule has 2 unspecified atom stereocenters. The molecule has 182 valence electrons. The molecular formula is C25H30BrN3O4S. The molecule has 3 atom stereocenters. The highest BCUT2D eigenvalue weighted by molar-refractivity contribution is 9.10. The zero-order chi connectivity index (χ0) is 24.2. The minimum absolute atomic E-state index is 0.00939. The maximum atomic E-state index is 13.7. The second-order valence-electron chi connectivity index (χ2n) is 9.66. The van der Waals surface area contributed by atoms with Gasteiger partial charge in [0.15, 0.2) is 22.3 Å². The summed E-state index contributed by atoms with van der Waals surface area (Å²) in [6.07, 6.45) is 0.474. The van der Waals surface area contributed by atoms with Crippen molar-refractivity contribution in [2.45, 2.75) is 57.6 Å². The predicted octanol–water partition coefficient (Wildman–Crippen LogP) is 4.14. The van der Waals surface area contributed by atoms with Crippen molar-refractivity contribution in [2.24, 2.45) is 5.92 Å². The Labute approximate surface area is 209 Å². The summed E-state index contributed by atoms with van der Waals surface area (Å²) in [4.78, 5) is 18.0. The van der Waals surface area contributed by atoms with Gasteiger partial charge in [-0.25, -0.2) is 8.42 Å². The summed E-state index contributed by atoms with van der Waals surface area (Å²) in [5.41, 5.74) is 4.02. The van der Waals surface area contributed by atoms with Crippen LogP contribution in [-0.4, -0.2) is 55.4 Å². The Morgan fingerprint density at radius 1 is 1.18 bits per heavy atom. The molecule has 0 bridgehead atoms. The van der Waals surface area contributed by atoms with Crippen molar-refractivity contribution >= 4 is 37.4 Å². The van der Waals surface area contributed by atoms with Gasteiger partial charge in [-0.15, -0.1) is 0 Å². The molecule has 1 amide bonds. The quantitative estimate of drug-likeness (QED) is 0.547. The maximum absolute atomic E-state index is 13.7. The molecule has 3 heterocycles. The minimum Gasteiger partial charge on any atom is -0.356 e. The Balaban J connectivity index is 1.46. The number of rotatable bonds is 6. The topological polar surface area (TPSA) is 82.2 Å². The van der Waals surface area contributed by atoms with Crippen molar-refractivity contribution in [1.82, 2.24) is 9.80 Å². The van der Waals surface area contributed by atoms with Crippen LogP contribution in [0.3, 0.4) is 0 Å². The maximum Gasteiger partial charge on any atom is 0.258 e. The molecule has 7 nitrogen and oxygen atoms in total. The second-order valence-corrected chi connectivity index (χ2v) is 12.8. The zero-order valence-corrected chi connectivity index (χ0v) is 22.1. The number of nitrogens with one attached hydrogen (secondary N) is 1. The number of hydrogen-bond acceptors (Lipinski definition) is 6. The van der Waals surface area contributed by atoms with E-state index in [2.05, 4.69) is 33.1 Å². The van der Waals surface area contributed by atoms with Gasteiger partial charge in [-0.05, 0) is 55.1 Å². The van der Waals surface area contributed by atoms with E-state index >= 15 is 0 Å². The highest BCUT2D eigenvalue weighted by Crippen LogP contribution is 2.39. The van der Waals surface area contributed by atoms with Gasteiger partial charge >= 0.3 is 0 Å². The van der Waals surface area contributed by atoms with E-state index < -0.39 is 16.1 Å². The number of likely N-dealkylation sites (tertiary alicyclic amines) is 1. The van der Waals surface area contributed by atoms with Crippen molar-refractivity contribution < 1.29 is 17.9 Å². The lowest BCUT2D eigenvalue weighted by atomic mass is 10.1. The van der Waals surface area contributed by atoms with Gasteiger partial charge in [0.25, 0.3) is 5.91 Å². The van der Waals surface area contributed by atoms with Gasteiger partial charge < -0.3 is 15.0 Å². The van der Waals surface area contributed by atoms with Crippen LogP contribution in [0.2, 0.25) is 0 Å². The van der Waals surface area contributed by atoms with Crippen molar-refractivity contribution in [3.8, 4) is 0 Å². The lowest BCUT2D eigenvalue weighted by Gasteiger charge is -2.23. The number of halogens is 1. The number of epoxide rings is 1. The van der Waals surface area contributed by atoms with Gasteiger partial charge in [0.05, 0.1) is 16.2 Å². The number of benzene rings is 2. The van der Waals surface area contributed by atoms with Crippen molar-refractivity contribution in [3.63, 3.8) is 0 Å². The van der Waals surface area contributed by atoms with Gasteiger partial charge in [0.2, 0.25) is 0 Å². The monoisotopic (exact) mass is 547 g/mol. The standard InChI is InChI=1S/C25H30BrN3O4S/c1-4-34(31,32)22-6-5-15(2)9-18(22)14-29-24(30)19-11-20(26)17(13-28-8-7-16(3)12-28)10-21(19)27-23-25(29)33-23/h5-6,9-11,16,23,25,27H,4,7-8,12-14H2,1-3H3/t16-,23?,25?/m1/s1. The number of sulfone groups is 1. The second kappa shape index (κ2) is 8.93. The normalized spacial score (nSPS) is 24.4. The van der Waals surface area contributed by atoms with E-state index in [4.69, 9.17) is 4.74 Å². The molecule has 3 aliphatic rings. The number of hydrogen-bond donors (Lipinski definition) is 1. The Hall–Kier alpha value is -1.94. The van der Waals surface area contributed by atoms with Crippen molar-refractivity contribution in [1.29, 1.82) is 0 Å². The lowest BCUT2D eigenvalue weighted by molar-refractivity contribution is 0.0651. The van der Waals surface area contributed by atoms with Crippen LogP contribution in [0.25, 0.3) is 0 Å². The van der Waals surface area contributed by atoms with Crippen LogP contribution >= 0.6 is 15.9 Å². The lowest BCUT2D eigenvalue weighted by Crippen LogP contribution is -2.34. The molecule has 2 fully saturated rings. The van der Waals surface area contributed by atoms with E-state index in [0.717, 1.165) is 40.9 Å². The summed E-state index contributed by atoms with van der Waals surface area (Å²) < 4.78 is 32.1. The molecule has 0 saturated carbocycles. The van der Waals surface area contributed by atoms with Gasteiger partial charge in [-0.1, -0.05) is 47.5 Å². The Morgan fingerprint density at radius 2 is 1.97 bits per heavy atom. The predicted molar refractivity (Wildman–Crippen MR) is 134 cm³/mol. The summed E-state index contributed by atoms with van der Waals surface area (Å²) in [5.74, 6) is 0.544. The fraction of sp³-hybridized carbons (Fsp3) is 0.480. The highest BCUT2D eigenvalue weighted by atomic mass is 79.9. The molecular weight excluding hydrogens is 518 g/mol. The van der Waals surface area contributed by atoms with Crippen LogP contribution < -0.4 is 5.32 Å². The van der Waals surface area contributed by atoms with Crippen LogP contribution in [0.4, 0.5) is 5.69 Å². The summed E-state index contributed by atoms with van der Waals surface area (Å²) in [7, 11) is -3.42. The van der Waals surface area contributed by atoms with E-state index in [-0.39, 0.29) is 29.3 Å². The number of aryl methyl sites for hydroxylation is 1. The third-order valence-electron chi connectivity index (χ3n) is 6.92. The fourth-order valence-electron chi connectivity index (χ4n) is 4.95. The fourth-order valence-corrected chi connectivity index (χ4v) is 6.53. The minimum atomic E-state index is -3.42. The number of fused-ring (bicyclic) bond motifs is 2. The molecule has 2 aromatic rings. The van der Waals surface area contributed by atoms with Gasteiger partial charge in [-0.2, -0.15) is 0 Å². The number of amides is 1. The number of nitrogens with zero attached hydrogens (tertiary/aromatic N) is 2. The smallest absolute Gasteiger partial charge is 0.258 e. The third kappa shape index (κ3) is 4.51. The van der Waals surface area contributed by atoms with Crippen LogP contribution in [0.5, 0.6) is 0 Å². The number of carbonyl (C=O) groups is 1. The number of carbonyl (C=O) groups excluding carboxylic acids is 1. The summed E-state index contributed by atoms with van der Waals surface area (Å²) >= 11 is 3.68. The first-order valence-electron chi connectivity index (χ1n) is 11.8. The third-order valence-corrected chi connectivity index (χ3v) is 9.49. The molecule has 0 aromatic heterocycles. The van der Waals surface area contributed by atoms with Gasteiger partial charge in [-0.3, -0.25) is 9.69 Å². The van der Waals surface area contributed by atoms with E-state index in [0.29, 0.717) is 17.0 Å². The molecule has 0 radical (unpaired) electrons. The number of anilines is 1. The molecule has 2 saturated heterocycles. The largest absolute Gasteiger partial charge is 0.356 e. The van der Waals surface area contributed by atoms with E-state index in [9.17, 15) is 13.2 Å². The SMILES string of the molecule is CCS(=O)(=O)c1ccc(C)cc1CN1C(=O)c2cc(Br)c(CN3CC[C@@H](C)C3)cc2NC2OC21. The first-order valence-corrected chi connectivity index (χ1v) is 14.2. The first kappa shape index (κ1) is 23.8. The molecule has 5 rings (SSSR count). The molecule has 9 heteroatoms. The Bertz CT molecular complexity index is 1250. The molecule has 0 aliphatic carbocycles. The van der Waals surface area contributed by atoms with E-state index in [1.165, 1.54) is 6.42 Å². The van der Waals surface area contributed by atoms with Crippen LogP contribution in [-0.2, 0) is 27.7 Å². The molecule has 34 heavy (non-hydrogen) atoms. The van der Waals surface area contributed by atoms with Crippen LogP contribution in [0, 0.1) is 12.8 Å². The van der Waals surface area contributed by atoms with Crippen molar-refractivity contribution in [2.75, 3.05) is 24.2 Å². The Kier molecular flexibility index (Phi) is 6.25. The highest BCUT2D eigenvalue weighted by Gasteiger charge is 2.49. The Morgan fingerprint density at radius 3 is 2.68 bits per heavy atom. The summed E-state index contributed by atoms with van der Waals surface area (Å²) in [6, 6.07) is 9.22. The van der Waals surface area contributed by atoms with Gasteiger partial charge in [0, 0.05) is 29.8 Å². The average Bonchev–Trinajstić information content (AvgIpc) is 3.44. The van der Waals surface area contributed by atoms with E-state index in [1.54, 1.807) is 24.0 Å². The van der Waals surface area contributed by atoms with Gasteiger partial charge in [0.1, 0.15) is 0 Å². The van der Waals surface area contributed by atoms with Crippen molar-refractivity contribution in [3.05, 3.63) is 57.1 Å². The van der Waals surface area contributed by atoms with Crippen LogP contribution in [0.1, 0.15) is 47.3 Å². The summed E-state index contributed by atoms with van der Waals surface area (Å²) in [5, 5.41) is 3.37. The zero-order valence-electron chi connectivity index (χ0n) is 19.7. The number of ether oxygens (including phenoxy) is 1. The first-order chi connectivity index (χ1) is 16.2. The average molecular weight is 549 g/mol.